The van der Waals surface area contributed by atoms with Crippen molar-refractivity contribution in [1.29, 1.82) is 0 Å². The van der Waals surface area contributed by atoms with Gasteiger partial charge < -0.3 is 5.11 Å². The average Bonchev–Trinajstić information content (AvgIpc) is 2.35. The van der Waals surface area contributed by atoms with Crippen molar-refractivity contribution in [3.8, 4) is 0 Å². The molecule has 0 saturated heterocycles. The van der Waals surface area contributed by atoms with E-state index in [9.17, 15) is 8.42 Å². The van der Waals surface area contributed by atoms with Gasteiger partial charge in [-0.2, -0.15) is 8.42 Å². The molecule has 0 spiro atoms. The fourth-order valence-corrected chi connectivity index (χ4v) is 2.81. The number of hydrogen-bond acceptors (Lipinski definition) is 3. The molecule has 5 heteroatoms. The molecule has 1 aromatic rings. The molecule has 1 aliphatic rings. The Balaban J connectivity index is 0.000000204. The maximum atomic E-state index is 10.5. The summed E-state index contributed by atoms with van der Waals surface area (Å²) in [6.07, 6.45) is 3.68. The zero-order chi connectivity index (χ0) is 15.4. The van der Waals surface area contributed by atoms with Crippen LogP contribution < -0.4 is 0 Å². The van der Waals surface area contributed by atoms with E-state index in [4.69, 9.17) is 9.66 Å². The van der Waals surface area contributed by atoms with E-state index in [2.05, 4.69) is 13.8 Å². The van der Waals surface area contributed by atoms with E-state index in [0.29, 0.717) is 12.0 Å². The highest BCUT2D eigenvalue weighted by Crippen LogP contribution is 2.47. The predicted octanol–water partition coefficient (Wildman–Crippen LogP) is 3.05. The minimum atomic E-state index is -4.02. The third-order valence-corrected chi connectivity index (χ3v) is 4.91. The van der Waals surface area contributed by atoms with Gasteiger partial charge in [-0.25, -0.2) is 0 Å². The molecule has 114 valence electrons. The molecule has 1 saturated carbocycles. The van der Waals surface area contributed by atoms with Crippen molar-refractivity contribution in [2.75, 3.05) is 6.61 Å². The maximum Gasteiger partial charge on any atom is 0.294 e. The van der Waals surface area contributed by atoms with Crippen LogP contribution >= 0.6 is 0 Å². The standard InChI is InChI=1S/C8H16O.C7H8O3S/c1-8(2)5-3-7(8)4-6-9;1-6-2-4-7(5-3-6)11(8,9)10/h7,9H,3-6H2,1-2H3;2-5H,1H3,(H,8,9,10)/t7-;/m1./s1. The smallest absolute Gasteiger partial charge is 0.294 e. The van der Waals surface area contributed by atoms with Crippen LogP contribution in [0.15, 0.2) is 29.2 Å². The molecular weight excluding hydrogens is 276 g/mol. The molecule has 2 N–H and O–H groups in total. The van der Waals surface area contributed by atoms with Crippen molar-refractivity contribution in [2.45, 2.75) is 44.9 Å². The molecule has 0 bridgehead atoms. The van der Waals surface area contributed by atoms with Crippen molar-refractivity contribution < 1.29 is 18.1 Å². The molecule has 4 nitrogen and oxygen atoms in total. The fraction of sp³-hybridized carbons (Fsp3) is 0.600. The zero-order valence-electron chi connectivity index (χ0n) is 12.3. The number of aryl methyl sites for hydroxylation is 1. The maximum absolute atomic E-state index is 10.5. The number of benzene rings is 1. The minimum absolute atomic E-state index is 0.0666. The lowest BCUT2D eigenvalue weighted by Gasteiger charge is -2.44. The Kier molecular flexibility index (Phi) is 5.74. The van der Waals surface area contributed by atoms with Gasteiger partial charge in [0.05, 0.1) is 4.90 Å². The first-order chi connectivity index (χ1) is 9.16. The Bertz CT molecular complexity index is 517. The Morgan fingerprint density at radius 1 is 1.25 bits per heavy atom. The topological polar surface area (TPSA) is 74.6 Å². The molecule has 20 heavy (non-hydrogen) atoms. The van der Waals surface area contributed by atoms with Crippen LogP contribution in [0.4, 0.5) is 0 Å². The molecule has 0 unspecified atom stereocenters. The number of rotatable bonds is 3. The van der Waals surface area contributed by atoms with Crippen LogP contribution in [0.25, 0.3) is 0 Å². The highest BCUT2D eigenvalue weighted by atomic mass is 32.2. The van der Waals surface area contributed by atoms with Gasteiger partial charge in [0.2, 0.25) is 0 Å². The lowest BCUT2D eigenvalue weighted by molar-refractivity contribution is 0.0485. The number of aliphatic hydroxyl groups excluding tert-OH is 1. The summed E-state index contributed by atoms with van der Waals surface area (Å²) < 4.78 is 29.6. The summed E-state index contributed by atoms with van der Waals surface area (Å²) in [4.78, 5) is -0.0666. The molecule has 1 fully saturated rings. The van der Waals surface area contributed by atoms with Gasteiger partial charge in [0.15, 0.2) is 0 Å². The van der Waals surface area contributed by atoms with Gasteiger partial charge in [0.1, 0.15) is 0 Å². The quantitative estimate of drug-likeness (QED) is 0.841. The van der Waals surface area contributed by atoms with Gasteiger partial charge in [-0.05, 0) is 49.7 Å². The summed E-state index contributed by atoms with van der Waals surface area (Å²) >= 11 is 0. The molecule has 0 amide bonds. The summed E-state index contributed by atoms with van der Waals surface area (Å²) in [5, 5.41) is 8.63. The van der Waals surface area contributed by atoms with E-state index in [0.717, 1.165) is 17.9 Å². The Hall–Kier alpha value is -0.910. The molecule has 0 radical (unpaired) electrons. The van der Waals surface area contributed by atoms with Gasteiger partial charge in [0.25, 0.3) is 10.1 Å². The summed E-state index contributed by atoms with van der Waals surface area (Å²) in [6, 6.07) is 5.99. The monoisotopic (exact) mass is 300 g/mol. The Labute approximate surface area is 121 Å². The van der Waals surface area contributed by atoms with Crippen LogP contribution in [0.5, 0.6) is 0 Å². The van der Waals surface area contributed by atoms with E-state index < -0.39 is 10.1 Å². The van der Waals surface area contributed by atoms with Gasteiger partial charge in [-0.15, -0.1) is 0 Å². The van der Waals surface area contributed by atoms with Crippen LogP contribution in [0, 0.1) is 18.3 Å². The fourth-order valence-electron chi connectivity index (χ4n) is 2.33. The highest BCUT2D eigenvalue weighted by Gasteiger charge is 2.37. The van der Waals surface area contributed by atoms with E-state index in [1.165, 1.54) is 25.0 Å². The first-order valence-electron chi connectivity index (χ1n) is 6.82. The van der Waals surface area contributed by atoms with Crippen LogP contribution in [0.1, 0.15) is 38.7 Å². The van der Waals surface area contributed by atoms with E-state index in [-0.39, 0.29) is 4.90 Å². The van der Waals surface area contributed by atoms with Gasteiger partial charge in [-0.1, -0.05) is 31.5 Å². The minimum Gasteiger partial charge on any atom is -0.396 e. The van der Waals surface area contributed by atoms with Crippen molar-refractivity contribution >= 4 is 10.1 Å². The highest BCUT2D eigenvalue weighted by molar-refractivity contribution is 7.85. The normalized spacial score (nSPS) is 20.6. The summed E-state index contributed by atoms with van der Waals surface area (Å²) in [7, 11) is -4.02. The first kappa shape index (κ1) is 17.1. The molecule has 1 atom stereocenters. The van der Waals surface area contributed by atoms with Crippen LogP contribution in [0.3, 0.4) is 0 Å². The van der Waals surface area contributed by atoms with E-state index in [1.54, 1.807) is 12.1 Å². The largest absolute Gasteiger partial charge is 0.396 e. The summed E-state index contributed by atoms with van der Waals surface area (Å²) in [5.41, 5.74) is 1.49. The van der Waals surface area contributed by atoms with Crippen LogP contribution in [-0.4, -0.2) is 24.7 Å². The molecular formula is C15H24O4S. The van der Waals surface area contributed by atoms with Crippen molar-refractivity contribution in [3.63, 3.8) is 0 Å². The van der Waals surface area contributed by atoms with Crippen molar-refractivity contribution in [3.05, 3.63) is 29.8 Å². The molecule has 0 aliphatic heterocycles. The SMILES string of the molecule is CC1(C)CC[C@@H]1CCO.Cc1ccc(S(=O)(=O)O)cc1. The summed E-state index contributed by atoms with van der Waals surface area (Å²) in [6.45, 7) is 6.79. The van der Waals surface area contributed by atoms with Crippen LogP contribution in [0.2, 0.25) is 0 Å². The van der Waals surface area contributed by atoms with Gasteiger partial charge >= 0.3 is 0 Å². The van der Waals surface area contributed by atoms with Crippen molar-refractivity contribution in [2.24, 2.45) is 11.3 Å². The van der Waals surface area contributed by atoms with Gasteiger partial charge in [-0.3, -0.25) is 4.55 Å². The second-order valence-electron chi connectivity index (χ2n) is 6.02. The van der Waals surface area contributed by atoms with E-state index >= 15 is 0 Å². The van der Waals surface area contributed by atoms with Gasteiger partial charge in [0, 0.05) is 6.61 Å². The molecule has 0 heterocycles. The zero-order valence-corrected chi connectivity index (χ0v) is 13.2. The average molecular weight is 300 g/mol. The number of aliphatic hydroxyl groups is 1. The Morgan fingerprint density at radius 3 is 2.05 bits per heavy atom. The molecule has 1 aromatic carbocycles. The first-order valence-corrected chi connectivity index (χ1v) is 8.26. The second kappa shape index (κ2) is 6.70. The predicted molar refractivity (Wildman–Crippen MR) is 79.2 cm³/mol. The lowest BCUT2D eigenvalue weighted by Crippen LogP contribution is -2.34. The third kappa shape index (κ3) is 4.89. The Morgan fingerprint density at radius 2 is 1.80 bits per heavy atom. The molecule has 0 aromatic heterocycles. The van der Waals surface area contributed by atoms with Crippen molar-refractivity contribution in [1.82, 2.24) is 0 Å². The lowest BCUT2D eigenvalue weighted by atomic mass is 9.61. The third-order valence-electron chi connectivity index (χ3n) is 4.04. The summed E-state index contributed by atoms with van der Waals surface area (Å²) in [5.74, 6) is 0.794. The second-order valence-corrected chi connectivity index (χ2v) is 7.45. The number of hydrogen-bond donors (Lipinski definition) is 2. The van der Waals surface area contributed by atoms with Crippen LogP contribution in [-0.2, 0) is 10.1 Å². The molecule has 1 aliphatic carbocycles. The molecule has 2 rings (SSSR count). The van der Waals surface area contributed by atoms with E-state index in [1.807, 2.05) is 6.92 Å².